The maximum Gasteiger partial charge on any atom is 0.416 e. The Morgan fingerprint density at radius 1 is 1.30 bits per heavy atom. The molecule has 0 bridgehead atoms. The van der Waals surface area contributed by atoms with Crippen LogP contribution in [0.25, 0.3) is 0 Å². The maximum atomic E-state index is 13.0. The average molecular weight is 330 g/mol. The minimum Gasteiger partial charge on any atom is -0.465 e. The lowest BCUT2D eigenvalue weighted by atomic mass is 9.72. The van der Waals surface area contributed by atoms with Crippen LogP contribution in [-0.2, 0) is 11.6 Å². The van der Waals surface area contributed by atoms with E-state index in [4.69, 9.17) is 5.11 Å². The Labute approximate surface area is 133 Å². The number of benzene rings is 1. The Bertz CT molecular complexity index is 565. The van der Waals surface area contributed by atoms with E-state index in [2.05, 4.69) is 0 Å². The van der Waals surface area contributed by atoms with Gasteiger partial charge in [0.05, 0.1) is 5.56 Å². The van der Waals surface area contributed by atoms with Gasteiger partial charge in [0.25, 0.3) is 0 Å². The molecule has 128 valence electrons. The molecule has 0 saturated carbocycles. The van der Waals surface area contributed by atoms with Crippen molar-refractivity contribution in [2.75, 3.05) is 33.7 Å². The summed E-state index contributed by atoms with van der Waals surface area (Å²) in [7, 11) is 3.75. The number of likely N-dealkylation sites (N-methyl/N-ethyl adjacent to an activating group) is 1. The van der Waals surface area contributed by atoms with Gasteiger partial charge in [0, 0.05) is 25.0 Å². The van der Waals surface area contributed by atoms with E-state index in [0.717, 1.165) is 6.07 Å². The van der Waals surface area contributed by atoms with Crippen molar-refractivity contribution in [3.63, 3.8) is 0 Å². The number of amides is 1. The zero-order valence-electron chi connectivity index (χ0n) is 13.2. The van der Waals surface area contributed by atoms with Crippen molar-refractivity contribution in [1.82, 2.24) is 9.80 Å². The van der Waals surface area contributed by atoms with E-state index < -0.39 is 23.2 Å². The number of halogens is 3. The first kappa shape index (κ1) is 17.6. The standard InChI is InChI=1S/C16H21F3N2O2/c1-20(2)11-15(6-8-21(9-7-15)14(22)23)12-4-3-5-13(10-12)16(17,18)19/h3-5,10H,6-9,11H2,1-2H3,(H,22,23). The average Bonchev–Trinajstić information content (AvgIpc) is 2.46. The molecular formula is C16H21F3N2O2. The van der Waals surface area contributed by atoms with Gasteiger partial charge in [0.2, 0.25) is 0 Å². The SMILES string of the molecule is CN(C)CC1(c2cccc(C(F)(F)F)c2)CCN(C(=O)O)CC1. The highest BCUT2D eigenvalue weighted by Gasteiger charge is 2.39. The quantitative estimate of drug-likeness (QED) is 0.925. The van der Waals surface area contributed by atoms with Crippen LogP contribution in [0, 0.1) is 0 Å². The number of carboxylic acid groups (broad SMARTS) is 1. The van der Waals surface area contributed by atoms with Crippen LogP contribution in [0.2, 0.25) is 0 Å². The lowest BCUT2D eigenvalue weighted by Crippen LogP contribution is -2.49. The van der Waals surface area contributed by atoms with Crippen LogP contribution in [0.5, 0.6) is 0 Å². The molecule has 1 aliphatic heterocycles. The van der Waals surface area contributed by atoms with E-state index >= 15 is 0 Å². The molecule has 7 heteroatoms. The number of piperidine rings is 1. The summed E-state index contributed by atoms with van der Waals surface area (Å²) in [6.45, 7) is 1.25. The Morgan fingerprint density at radius 3 is 2.39 bits per heavy atom. The Kier molecular flexibility index (Phi) is 4.89. The van der Waals surface area contributed by atoms with Crippen LogP contribution in [0.3, 0.4) is 0 Å². The van der Waals surface area contributed by atoms with Gasteiger partial charge >= 0.3 is 12.3 Å². The largest absolute Gasteiger partial charge is 0.465 e. The van der Waals surface area contributed by atoms with E-state index in [0.29, 0.717) is 38.0 Å². The zero-order chi connectivity index (χ0) is 17.3. The lowest BCUT2D eigenvalue weighted by Gasteiger charge is -2.43. The van der Waals surface area contributed by atoms with Crippen molar-refractivity contribution < 1.29 is 23.1 Å². The number of nitrogens with zero attached hydrogens (tertiary/aromatic N) is 2. The monoisotopic (exact) mass is 330 g/mol. The molecule has 1 amide bonds. The van der Waals surface area contributed by atoms with Crippen molar-refractivity contribution in [2.45, 2.75) is 24.4 Å². The molecule has 1 aromatic carbocycles. The molecule has 0 aliphatic carbocycles. The fraction of sp³-hybridized carbons (Fsp3) is 0.562. The highest BCUT2D eigenvalue weighted by Crippen LogP contribution is 2.39. The number of hydrogen-bond donors (Lipinski definition) is 1. The third kappa shape index (κ3) is 3.96. The second-order valence-corrected chi connectivity index (χ2v) is 6.37. The molecule has 1 N–H and O–H groups in total. The molecule has 23 heavy (non-hydrogen) atoms. The molecule has 0 aromatic heterocycles. The maximum absolute atomic E-state index is 13.0. The molecule has 0 unspecified atom stereocenters. The first-order valence-electron chi connectivity index (χ1n) is 7.44. The molecule has 1 aromatic rings. The number of hydrogen-bond acceptors (Lipinski definition) is 2. The fourth-order valence-corrected chi connectivity index (χ4v) is 3.29. The first-order valence-corrected chi connectivity index (χ1v) is 7.44. The molecule has 1 fully saturated rings. The molecule has 0 radical (unpaired) electrons. The van der Waals surface area contributed by atoms with E-state index in [1.807, 2.05) is 19.0 Å². The molecule has 2 rings (SSSR count). The van der Waals surface area contributed by atoms with Crippen molar-refractivity contribution in [3.8, 4) is 0 Å². The Balaban J connectivity index is 2.35. The van der Waals surface area contributed by atoms with Gasteiger partial charge in [0.1, 0.15) is 0 Å². The van der Waals surface area contributed by atoms with Crippen LogP contribution in [-0.4, -0.2) is 54.7 Å². The van der Waals surface area contributed by atoms with Gasteiger partial charge in [0.15, 0.2) is 0 Å². The number of rotatable bonds is 3. The van der Waals surface area contributed by atoms with Crippen LogP contribution < -0.4 is 0 Å². The topological polar surface area (TPSA) is 43.8 Å². The third-order valence-corrected chi connectivity index (χ3v) is 4.41. The fourth-order valence-electron chi connectivity index (χ4n) is 3.29. The lowest BCUT2D eigenvalue weighted by molar-refractivity contribution is -0.137. The first-order chi connectivity index (χ1) is 10.6. The highest BCUT2D eigenvalue weighted by atomic mass is 19.4. The summed E-state index contributed by atoms with van der Waals surface area (Å²) in [5.41, 5.74) is -0.490. The summed E-state index contributed by atoms with van der Waals surface area (Å²) in [5.74, 6) is 0. The molecule has 1 saturated heterocycles. The number of carbonyl (C=O) groups is 1. The minimum absolute atomic E-state index is 0.333. The van der Waals surface area contributed by atoms with Crippen molar-refractivity contribution in [2.24, 2.45) is 0 Å². The molecule has 1 aliphatic rings. The summed E-state index contributed by atoms with van der Waals surface area (Å²) in [5, 5.41) is 9.08. The van der Waals surface area contributed by atoms with E-state index in [9.17, 15) is 18.0 Å². The van der Waals surface area contributed by atoms with Gasteiger partial charge in [-0.25, -0.2) is 4.79 Å². The summed E-state index contributed by atoms with van der Waals surface area (Å²) in [6, 6.07) is 5.42. The second kappa shape index (κ2) is 6.39. The van der Waals surface area contributed by atoms with Gasteiger partial charge in [-0.1, -0.05) is 18.2 Å². The molecular weight excluding hydrogens is 309 g/mol. The summed E-state index contributed by atoms with van der Waals surface area (Å²) >= 11 is 0. The van der Waals surface area contributed by atoms with E-state index in [-0.39, 0.29) is 0 Å². The molecule has 0 spiro atoms. The Hall–Kier alpha value is -1.76. The van der Waals surface area contributed by atoms with Crippen LogP contribution >= 0.6 is 0 Å². The van der Waals surface area contributed by atoms with Gasteiger partial charge in [-0.05, 0) is 38.6 Å². The highest BCUT2D eigenvalue weighted by molar-refractivity contribution is 5.65. The normalized spacial score (nSPS) is 18.3. The van der Waals surface area contributed by atoms with Crippen molar-refractivity contribution in [1.29, 1.82) is 0 Å². The van der Waals surface area contributed by atoms with Crippen molar-refractivity contribution >= 4 is 6.09 Å². The van der Waals surface area contributed by atoms with Gasteiger partial charge < -0.3 is 14.9 Å². The third-order valence-electron chi connectivity index (χ3n) is 4.41. The minimum atomic E-state index is -4.38. The van der Waals surface area contributed by atoms with Gasteiger partial charge in [-0.15, -0.1) is 0 Å². The number of alkyl halides is 3. The van der Waals surface area contributed by atoms with E-state index in [1.165, 1.54) is 17.0 Å². The van der Waals surface area contributed by atoms with Crippen LogP contribution in [0.4, 0.5) is 18.0 Å². The van der Waals surface area contributed by atoms with Gasteiger partial charge in [-0.3, -0.25) is 0 Å². The Morgan fingerprint density at radius 2 is 1.91 bits per heavy atom. The second-order valence-electron chi connectivity index (χ2n) is 6.37. The zero-order valence-corrected chi connectivity index (χ0v) is 13.2. The molecule has 0 atom stereocenters. The molecule has 1 heterocycles. The van der Waals surface area contributed by atoms with Crippen LogP contribution in [0.1, 0.15) is 24.0 Å². The molecule has 4 nitrogen and oxygen atoms in total. The summed E-state index contributed by atoms with van der Waals surface area (Å²) < 4.78 is 39.0. The van der Waals surface area contributed by atoms with Crippen LogP contribution in [0.15, 0.2) is 24.3 Å². The summed E-state index contributed by atoms with van der Waals surface area (Å²) in [6.07, 6.45) is -4.33. The number of likely N-dealkylation sites (tertiary alicyclic amines) is 1. The summed E-state index contributed by atoms with van der Waals surface area (Å²) in [4.78, 5) is 14.3. The van der Waals surface area contributed by atoms with Gasteiger partial charge in [-0.2, -0.15) is 13.2 Å². The van der Waals surface area contributed by atoms with Crippen molar-refractivity contribution in [3.05, 3.63) is 35.4 Å². The predicted octanol–water partition coefficient (Wildman–Crippen LogP) is 3.28. The predicted molar refractivity (Wildman–Crippen MR) is 80.5 cm³/mol. The smallest absolute Gasteiger partial charge is 0.416 e. The van der Waals surface area contributed by atoms with E-state index in [1.54, 1.807) is 6.07 Å².